The van der Waals surface area contributed by atoms with Gasteiger partial charge in [0.25, 0.3) is 5.91 Å². The van der Waals surface area contributed by atoms with Crippen molar-refractivity contribution in [2.75, 3.05) is 13.1 Å². The molecule has 6 heteroatoms. The van der Waals surface area contributed by atoms with Gasteiger partial charge in [-0.15, -0.1) is 0 Å². The van der Waals surface area contributed by atoms with Crippen LogP contribution in [0.2, 0.25) is 5.02 Å². The van der Waals surface area contributed by atoms with Crippen molar-refractivity contribution in [3.05, 3.63) is 33.3 Å². The molecule has 1 aromatic carbocycles. The second kappa shape index (κ2) is 5.29. The van der Waals surface area contributed by atoms with Crippen molar-refractivity contribution in [2.45, 2.75) is 19.3 Å². The van der Waals surface area contributed by atoms with E-state index in [0.29, 0.717) is 28.0 Å². The van der Waals surface area contributed by atoms with Gasteiger partial charge in [0.05, 0.1) is 16.0 Å². The Labute approximate surface area is 136 Å². The van der Waals surface area contributed by atoms with Gasteiger partial charge >= 0.3 is 5.97 Å². The summed E-state index contributed by atoms with van der Waals surface area (Å²) in [5.74, 6) is -0.901. The van der Waals surface area contributed by atoms with Crippen molar-refractivity contribution in [1.29, 1.82) is 0 Å². The van der Waals surface area contributed by atoms with E-state index in [-0.39, 0.29) is 18.4 Å². The van der Waals surface area contributed by atoms with Gasteiger partial charge in [0.2, 0.25) is 0 Å². The number of carboxylic acid groups (broad SMARTS) is 1. The van der Waals surface area contributed by atoms with Crippen LogP contribution in [-0.2, 0) is 4.79 Å². The predicted molar refractivity (Wildman–Crippen MR) is 82.5 cm³/mol. The number of hydrogen-bond donors (Lipinski definition) is 1. The molecule has 3 rings (SSSR count). The topological polar surface area (TPSA) is 57.6 Å². The number of hydrogen-bond acceptors (Lipinski definition) is 2. The minimum absolute atomic E-state index is 0.0601. The lowest BCUT2D eigenvalue weighted by molar-refractivity contribution is -0.149. The fraction of sp³-hybridized carbons (Fsp3) is 0.467. The highest BCUT2D eigenvalue weighted by Gasteiger charge is 2.55. The number of likely N-dealkylation sites (tertiary alicyclic amines) is 1. The highest BCUT2D eigenvalue weighted by atomic mass is 79.9. The Kier molecular flexibility index (Phi) is 3.74. The van der Waals surface area contributed by atoms with Crippen molar-refractivity contribution < 1.29 is 14.7 Å². The number of nitrogens with zero attached hydrogens (tertiary/aromatic N) is 1. The van der Waals surface area contributed by atoms with Crippen molar-refractivity contribution in [1.82, 2.24) is 4.90 Å². The number of rotatable bonds is 2. The van der Waals surface area contributed by atoms with Crippen molar-refractivity contribution in [3.63, 3.8) is 0 Å². The Bertz CT molecular complexity index is 621. The first-order valence-electron chi connectivity index (χ1n) is 6.92. The Morgan fingerprint density at radius 2 is 2.19 bits per heavy atom. The molecular weight excluding hydrogens is 358 g/mol. The molecule has 0 spiro atoms. The van der Waals surface area contributed by atoms with E-state index in [1.54, 1.807) is 23.1 Å². The van der Waals surface area contributed by atoms with Crippen LogP contribution in [0.1, 0.15) is 29.6 Å². The summed E-state index contributed by atoms with van der Waals surface area (Å²) in [6.07, 6.45) is 2.46. The molecule has 21 heavy (non-hydrogen) atoms. The zero-order chi connectivity index (χ0) is 15.2. The van der Waals surface area contributed by atoms with E-state index in [2.05, 4.69) is 15.9 Å². The van der Waals surface area contributed by atoms with Gasteiger partial charge in [0.1, 0.15) is 0 Å². The molecule has 1 aromatic rings. The average molecular weight is 373 g/mol. The van der Waals surface area contributed by atoms with Crippen LogP contribution in [0, 0.1) is 11.3 Å². The molecule has 1 N–H and O–H groups in total. The quantitative estimate of drug-likeness (QED) is 0.865. The third kappa shape index (κ3) is 2.27. The van der Waals surface area contributed by atoms with E-state index in [9.17, 15) is 14.7 Å². The molecular formula is C15H15BrClNO3. The minimum atomic E-state index is -0.777. The molecule has 0 aromatic heterocycles. The Morgan fingerprint density at radius 3 is 2.86 bits per heavy atom. The number of halogens is 2. The van der Waals surface area contributed by atoms with Crippen LogP contribution < -0.4 is 0 Å². The SMILES string of the molecule is O=C(c1cccc(Br)c1Cl)N1C[C@@H]2CCC[C@@]2(C(=O)O)C1. The first-order valence-corrected chi connectivity index (χ1v) is 8.09. The van der Waals surface area contributed by atoms with E-state index >= 15 is 0 Å². The number of carbonyl (C=O) groups is 2. The van der Waals surface area contributed by atoms with E-state index in [1.807, 2.05) is 0 Å². The summed E-state index contributed by atoms with van der Waals surface area (Å²) in [6, 6.07) is 5.21. The molecule has 0 radical (unpaired) electrons. The normalized spacial score (nSPS) is 27.7. The van der Waals surface area contributed by atoms with Gasteiger partial charge in [-0.05, 0) is 46.8 Å². The molecule has 112 valence electrons. The van der Waals surface area contributed by atoms with Gasteiger partial charge < -0.3 is 10.0 Å². The summed E-state index contributed by atoms with van der Waals surface area (Å²) in [7, 11) is 0. The maximum atomic E-state index is 12.6. The first-order chi connectivity index (χ1) is 9.95. The molecule has 0 bridgehead atoms. The second-order valence-corrected chi connectivity index (χ2v) is 7.07. The lowest BCUT2D eigenvalue weighted by Crippen LogP contribution is -2.37. The standard InChI is InChI=1S/C15H15BrClNO3/c16-11-5-1-4-10(12(11)17)13(19)18-7-9-3-2-6-15(9,8-18)14(20)21/h1,4-5,9H,2-3,6-8H2,(H,20,21)/t9-,15+/m0/s1. The van der Waals surface area contributed by atoms with Crippen LogP contribution in [-0.4, -0.2) is 35.0 Å². The lowest BCUT2D eigenvalue weighted by atomic mass is 9.81. The highest BCUT2D eigenvalue weighted by molar-refractivity contribution is 9.10. The fourth-order valence-corrected chi connectivity index (χ4v) is 4.21. The maximum Gasteiger partial charge on any atom is 0.311 e. The van der Waals surface area contributed by atoms with E-state index < -0.39 is 11.4 Å². The molecule has 1 aliphatic carbocycles. The van der Waals surface area contributed by atoms with Gasteiger partial charge in [-0.1, -0.05) is 24.1 Å². The predicted octanol–water partition coefficient (Wildman–Crippen LogP) is 3.43. The molecule has 1 aliphatic heterocycles. The van der Waals surface area contributed by atoms with Crippen molar-refractivity contribution in [3.8, 4) is 0 Å². The van der Waals surface area contributed by atoms with Gasteiger partial charge in [0.15, 0.2) is 0 Å². The maximum absolute atomic E-state index is 12.6. The Balaban J connectivity index is 1.88. The molecule has 2 atom stereocenters. The largest absolute Gasteiger partial charge is 0.481 e. The minimum Gasteiger partial charge on any atom is -0.481 e. The van der Waals surface area contributed by atoms with Gasteiger partial charge in [-0.2, -0.15) is 0 Å². The Hall–Kier alpha value is -1.07. The van der Waals surface area contributed by atoms with Crippen LogP contribution in [0.25, 0.3) is 0 Å². The third-order valence-electron chi connectivity index (χ3n) is 4.77. The second-order valence-electron chi connectivity index (χ2n) is 5.84. The fourth-order valence-electron chi connectivity index (χ4n) is 3.63. The van der Waals surface area contributed by atoms with E-state index in [0.717, 1.165) is 12.8 Å². The van der Waals surface area contributed by atoms with Gasteiger partial charge in [-0.3, -0.25) is 9.59 Å². The summed E-state index contributed by atoms with van der Waals surface area (Å²) in [6.45, 7) is 0.794. The Morgan fingerprint density at radius 1 is 1.43 bits per heavy atom. The van der Waals surface area contributed by atoms with Gasteiger partial charge in [-0.25, -0.2) is 0 Å². The van der Waals surface area contributed by atoms with Crippen LogP contribution in [0.5, 0.6) is 0 Å². The average Bonchev–Trinajstić information content (AvgIpc) is 2.98. The summed E-state index contributed by atoms with van der Waals surface area (Å²) >= 11 is 9.48. The number of aliphatic carboxylic acids is 1. The monoisotopic (exact) mass is 371 g/mol. The number of amides is 1. The van der Waals surface area contributed by atoms with Crippen LogP contribution >= 0.6 is 27.5 Å². The molecule has 1 amide bonds. The van der Waals surface area contributed by atoms with Crippen molar-refractivity contribution in [2.24, 2.45) is 11.3 Å². The third-order valence-corrected chi connectivity index (χ3v) is 6.06. The highest BCUT2D eigenvalue weighted by Crippen LogP contribution is 2.49. The smallest absolute Gasteiger partial charge is 0.311 e. The number of benzene rings is 1. The number of carboxylic acids is 1. The summed E-state index contributed by atoms with van der Waals surface area (Å²) in [5, 5.41) is 9.95. The zero-order valence-electron chi connectivity index (χ0n) is 11.3. The lowest BCUT2D eigenvalue weighted by Gasteiger charge is -2.23. The zero-order valence-corrected chi connectivity index (χ0v) is 13.7. The molecule has 2 aliphatic rings. The summed E-state index contributed by atoms with van der Waals surface area (Å²) in [5.41, 5.74) is -0.333. The molecule has 1 heterocycles. The summed E-state index contributed by atoms with van der Waals surface area (Å²) < 4.78 is 0.669. The van der Waals surface area contributed by atoms with Crippen LogP contribution in [0.4, 0.5) is 0 Å². The van der Waals surface area contributed by atoms with E-state index in [1.165, 1.54) is 0 Å². The molecule has 4 nitrogen and oxygen atoms in total. The molecule has 0 unspecified atom stereocenters. The molecule has 1 saturated heterocycles. The van der Waals surface area contributed by atoms with Crippen LogP contribution in [0.15, 0.2) is 22.7 Å². The number of carbonyl (C=O) groups excluding carboxylic acids is 1. The summed E-state index contributed by atoms with van der Waals surface area (Å²) in [4.78, 5) is 25.9. The number of fused-ring (bicyclic) bond motifs is 1. The van der Waals surface area contributed by atoms with Crippen molar-refractivity contribution >= 4 is 39.4 Å². The van der Waals surface area contributed by atoms with Gasteiger partial charge in [0, 0.05) is 17.6 Å². The van der Waals surface area contributed by atoms with E-state index in [4.69, 9.17) is 11.6 Å². The first kappa shape index (κ1) is 14.9. The molecule has 2 fully saturated rings. The van der Waals surface area contributed by atoms with Crippen LogP contribution in [0.3, 0.4) is 0 Å². The molecule has 1 saturated carbocycles.